The third kappa shape index (κ3) is 3.84. The van der Waals surface area contributed by atoms with Crippen LogP contribution >= 0.6 is 27.5 Å². The smallest absolute Gasteiger partial charge is 0.258 e. The Hall–Kier alpha value is -1.72. The Morgan fingerprint density at radius 1 is 1.42 bits per heavy atom. The van der Waals surface area contributed by atoms with Crippen LogP contribution in [0.4, 0.5) is 0 Å². The molecule has 1 atom stereocenters. The van der Waals surface area contributed by atoms with E-state index < -0.39 is 0 Å². The number of amides is 1. The minimum atomic E-state index is -0.185. The third-order valence-electron chi connectivity index (χ3n) is 3.84. The number of benzene rings is 2. The molecule has 126 valence electrons. The van der Waals surface area contributed by atoms with Gasteiger partial charge in [0.1, 0.15) is 11.5 Å². The van der Waals surface area contributed by atoms with Gasteiger partial charge in [-0.2, -0.15) is 0 Å². The molecule has 1 heterocycles. The first-order valence-electron chi connectivity index (χ1n) is 7.64. The molecule has 0 unspecified atom stereocenters. The molecule has 4 nitrogen and oxygen atoms in total. The van der Waals surface area contributed by atoms with Gasteiger partial charge >= 0.3 is 0 Å². The number of nitrogens with one attached hydrogen (secondary N) is 1. The fraction of sp³-hybridized carbons (Fsp3) is 0.278. The topological polar surface area (TPSA) is 47.6 Å². The number of aryl methyl sites for hydroxylation is 1. The van der Waals surface area contributed by atoms with Crippen molar-refractivity contribution in [3.05, 3.63) is 57.0 Å². The predicted octanol–water partition coefficient (Wildman–Crippen LogP) is 4.43. The van der Waals surface area contributed by atoms with Crippen molar-refractivity contribution in [2.75, 3.05) is 13.2 Å². The highest BCUT2D eigenvalue weighted by Crippen LogP contribution is 2.33. The summed E-state index contributed by atoms with van der Waals surface area (Å²) < 4.78 is 12.1. The van der Waals surface area contributed by atoms with Crippen molar-refractivity contribution < 1.29 is 14.3 Å². The summed E-state index contributed by atoms with van der Waals surface area (Å²) in [6, 6.07) is 11.3. The van der Waals surface area contributed by atoms with Gasteiger partial charge in [0.2, 0.25) is 0 Å². The standard InChI is InChI=1S/C18H17BrClNO3/c1-11-8-12(19)9-14(20)18(11)24-10-17(22)21-15-6-7-23-16-5-3-2-4-13(15)16/h2-5,8-9,15H,6-7,10H2,1H3,(H,21,22)/t15-/m1/s1. The molecule has 0 fully saturated rings. The van der Waals surface area contributed by atoms with Crippen molar-refractivity contribution in [3.8, 4) is 11.5 Å². The number of halogens is 2. The van der Waals surface area contributed by atoms with Crippen LogP contribution in [0.2, 0.25) is 5.02 Å². The van der Waals surface area contributed by atoms with E-state index in [4.69, 9.17) is 21.1 Å². The third-order valence-corrected chi connectivity index (χ3v) is 4.57. The van der Waals surface area contributed by atoms with Crippen LogP contribution in [0.15, 0.2) is 40.9 Å². The zero-order valence-corrected chi connectivity index (χ0v) is 15.5. The van der Waals surface area contributed by atoms with Crippen LogP contribution in [0.5, 0.6) is 11.5 Å². The van der Waals surface area contributed by atoms with Gasteiger partial charge in [0.15, 0.2) is 6.61 Å². The highest BCUT2D eigenvalue weighted by molar-refractivity contribution is 9.10. The van der Waals surface area contributed by atoms with Crippen LogP contribution in [0.25, 0.3) is 0 Å². The molecule has 1 aliphatic heterocycles. The summed E-state index contributed by atoms with van der Waals surface area (Å²) in [5, 5.41) is 3.48. The summed E-state index contributed by atoms with van der Waals surface area (Å²) in [6.07, 6.45) is 0.737. The monoisotopic (exact) mass is 409 g/mol. The molecule has 0 aromatic heterocycles. The van der Waals surface area contributed by atoms with Crippen molar-refractivity contribution in [3.63, 3.8) is 0 Å². The molecular weight excluding hydrogens is 394 g/mol. The highest BCUT2D eigenvalue weighted by Gasteiger charge is 2.22. The number of ether oxygens (including phenoxy) is 2. The number of hydrogen-bond acceptors (Lipinski definition) is 3. The van der Waals surface area contributed by atoms with Crippen LogP contribution in [0.3, 0.4) is 0 Å². The molecule has 2 aromatic rings. The second kappa shape index (κ2) is 7.45. The average Bonchev–Trinajstić information content (AvgIpc) is 2.54. The number of fused-ring (bicyclic) bond motifs is 1. The first-order chi connectivity index (χ1) is 11.5. The molecule has 0 radical (unpaired) electrons. The zero-order valence-electron chi connectivity index (χ0n) is 13.1. The Kier molecular flexibility index (Phi) is 5.31. The number of carbonyl (C=O) groups is 1. The van der Waals surface area contributed by atoms with Gasteiger partial charge in [-0.25, -0.2) is 0 Å². The number of rotatable bonds is 4. The van der Waals surface area contributed by atoms with Crippen molar-refractivity contribution in [1.29, 1.82) is 0 Å². The van der Waals surface area contributed by atoms with Gasteiger partial charge in [0.05, 0.1) is 17.7 Å². The van der Waals surface area contributed by atoms with Gasteiger partial charge in [0.25, 0.3) is 5.91 Å². The van der Waals surface area contributed by atoms with Crippen molar-refractivity contribution >= 4 is 33.4 Å². The van der Waals surface area contributed by atoms with Crippen LogP contribution in [-0.4, -0.2) is 19.1 Å². The summed E-state index contributed by atoms with van der Waals surface area (Å²) in [6.45, 7) is 2.39. The van der Waals surface area contributed by atoms with E-state index >= 15 is 0 Å². The van der Waals surface area contributed by atoms with E-state index in [1.54, 1.807) is 6.07 Å². The Labute approximate surface area is 154 Å². The molecule has 1 N–H and O–H groups in total. The normalized spacial score (nSPS) is 16.0. The predicted molar refractivity (Wildman–Crippen MR) is 96.8 cm³/mol. The molecule has 0 saturated carbocycles. The van der Waals surface area contributed by atoms with Crippen molar-refractivity contribution in [2.45, 2.75) is 19.4 Å². The van der Waals surface area contributed by atoms with E-state index in [0.29, 0.717) is 17.4 Å². The van der Waals surface area contributed by atoms with E-state index in [2.05, 4.69) is 21.2 Å². The number of carbonyl (C=O) groups excluding carboxylic acids is 1. The Morgan fingerprint density at radius 3 is 3.00 bits per heavy atom. The van der Waals surface area contributed by atoms with Crippen LogP contribution in [-0.2, 0) is 4.79 Å². The summed E-state index contributed by atoms with van der Waals surface area (Å²) in [7, 11) is 0. The van der Waals surface area contributed by atoms with Crippen LogP contribution in [0.1, 0.15) is 23.6 Å². The lowest BCUT2D eigenvalue weighted by molar-refractivity contribution is -0.124. The lowest BCUT2D eigenvalue weighted by Crippen LogP contribution is -2.35. The molecular formula is C18H17BrClNO3. The summed E-state index contributed by atoms with van der Waals surface area (Å²) >= 11 is 9.55. The summed E-state index contributed by atoms with van der Waals surface area (Å²) in [5.74, 6) is 1.17. The first-order valence-corrected chi connectivity index (χ1v) is 8.81. The molecule has 3 rings (SSSR count). The SMILES string of the molecule is Cc1cc(Br)cc(Cl)c1OCC(=O)N[C@@H]1CCOc2ccccc21. The fourth-order valence-corrected chi connectivity index (χ4v) is 3.76. The summed E-state index contributed by atoms with van der Waals surface area (Å²) in [5.41, 5.74) is 1.87. The maximum Gasteiger partial charge on any atom is 0.258 e. The molecule has 24 heavy (non-hydrogen) atoms. The zero-order chi connectivity index (χ0) is 17.1. The van der Waals surface area contributed by atoms with E-state index in [0.717, 1.165) is 27.8 Å². The molecule has 6 heteroatoms. The van der Waals surface area contributed by atoms with Crippen LogP contribution in [0, 0.1) is 6.92 Å². The van der Waals surface area contributed by atoms with Crippen LogP contribution < -0.4 is 14.8 Å². The largest absolute Gasteiger partial charge is 0.493 e. The molecule has 0 spiro atoms. The molecule has 2 aromatic carbocycles. The second-order valence-corrected chi connectivity index (χ2v) is 6.94. The Balaban J connectivity index is 1.63. The van der Waals surface area contributed by atoms with E-state index in [9.17, 15) is 4.79 Å². The van der Waals surface area contributed by atoms with Crippen molar-refractivity contribution in [2.24, 2.45) is 0 Å². The lowest BCUT2D eigenvalue weighted by Gasteiger charge is -2.26. The number of para-hydroxylation sites is 1. The minimum absolute atomic E-state index is 0.0625. The maximum absolute atomic E-state index is 12.3. The fourth-order valence-electron chi connectivity index (χ4n) is 2.74. The molecule has 0 saturated heterocycles. The van der Waals surface area contributed by atoms with E-state index in [-0.39, 0.29) is 18.6 Å². The molecule has 1 amide bonds. The second-order valence-electron chi connectivity index (χ2n) is 5.62. The summed E-state index contributed by atoms with van der Waals surface area (Å²) in [4.78, 5) is 12.3. The van der Waals surface area contributed by atoms with Gasteiger partial charge in [0, 0.05) is 16.5 Å². The highest BCUT2D eigenvalue weighted by atomic mass is 79.9. The molecule has 1 aliphatic rings. The molecule has 0 bridgehead atoms. The Bertz CT molecular complexity index is 743. The Morgan fingerprint density at radius 2 is 2.21 bits per heavy atom. The average molecular weight is 411 g/mol. The first kappa shape index (κ1) is 17.1. The van der Waals surface area contributed by atoms with Gasteiger partial charge < -0.3 is 14.8 Å². The quantitative estimate of drug-likeness (QED) is 0.811. The van der Waals surface area contributed by atoms with Gasteiger partial charge in [-0.05, 0) is 30.7 Å². The van der Waals surface area contributed by atoms with E-state index in [1.807, 2.05) is 37.3 Å². The lowest BCUT2D eigenvalue weighted by atomic mass is 10.0. The minimum Gasteiger partial charge on any atom is -0.493 e. The van der Waals surface area contributed by atoms with Gasteiger partial charge in [-0.15, -0.1) is 0 Å². The van der Waals surface area contributed by atoms with E-state index in [1.165, 1.54) is 0 Å². The van der Waals surface area contributed by atoms with Gasteiger partial charge in [-0.1, -0.05) is 45.7 Å². The number of hydrogen-bond donors (Lipinski definition) is 1. The van der Waals surface area contributed by atoms with Gasteiger partial charge in [-0.3, -0.25) is 4.79 Å². The van der Waals surface area contributed by atoms with Crippen molar-refractivity contribution in [1.82, 2.24) is 5.32 Å². The molecule has 0 aliphatic carbocycles. The maximum atomic E-state index is 12.3.